The summed E-state index contributed by atoms with van der Waals surface area (Å²) in [6.07, 6.45) is 5.28. The van der Waals surface area contributed by atoms with Crippen LogP contribution in [0.4, 0.5) is 0 Å². The molecule has 0 saturated heterocycles. The van der Waals surface area contributed by atoms with E-state index in [-0.39, 0.29) is 0 Å². The molecule has 0 amide bonds. The third kappa shape index (κ3) is 3.94. The monoisotopic (exact) mass is 676 g/mol. The Balaban J connectivity index is 0.000000136. The van der Waals surface area contributed by atoms with Gasteiger partial charge in [-0.3, -0.25) is 0 Å². The van der Waals surface area contributed by atoms with Gasteiger partial charge >= 0.3 is 0 Å². The van der Waals surface area contributed by atoms with Gasteiger partial charge in [0.05, 0.1) is 15.1 Å². The summed E-state index contributed by atoms with van der Waals surface area (Å²) in [7, 11) is 0. The van der Waals surface area contributed by atoms with Gasteiger partial charge in [-0.05, 0) is 98.4 Å². The van der Waals surface area contributed by atoms with E-state index in [0.717, 1.165) is 33.1 Å². The Morgan fingerprint density at radius 3 is 2.26 bits per heavy atom. The molecule has 0 bridgehead atoms. The first-order chi connectivity index (χ1) is 11.0. The summed E-state index contributed by atoms with van der Waals surface area (Å²) in [5.41, 5.74) is 1.66. The normalized spacial score (nSPS) is 10.8. The van der Waals surface area contributed by atoms with Crippen molar-refractivity contribution < 1.29 is 0 Å². The second-order valence-corrected chi connectivity index (χ2v) is 8.58. The molecule has 0 aliphatic carbocycles. The summed E-state index contributed by atoms with van der Waals surface area (Å²) < 4.78 is 7.91. The van der Waals surface area contributed by atoms with E-state index < -0.39 is 0 Å². The van der Waals surface area contributed by atoms with Crippen LogP contribution in [0.5, 0.6) is 0 Å². The first kappa shape index (κ1) is 17.7. The Hall–Kier alpha value is -0.110. The molecule has 0 fully saturated rings. The second-order valence-electron chi connectivity index (χ2n) is 4.14. The number of halogens is 5. The lowest BCUT2D eigenvalue weighted by atomic mass is 10.6. The molecule has 0 saturated carbocycles. The molecule has 0 aliphatic heterocycles. The molecule has 0 aromatic carbocycles. The molecule has 0 spiro atoms. The molecule has 11 heteroatoms. The Labute approximate surface area is 177 Å². The minimum atomic E-state index is 0.787. The van der Waals surface area contributed by atoms with Crippen molar-refractivity contribution in [3.63, 3.8) is 0 Å². The number of hydrogen-bond acceptors (Lipinski definition) is 4. The van der Waals surface area contributed by atoms with E-state index in [0.29, 0.717) is 0 Å². The van der Waals surface area contributed by atoms with Crippen molar-refractivity contribution in [1.29, 1.82) is 0 Å². The third-order valence-corrected chi connectivity index (χ3v) is 5.31. The summed E-state index contributed by atoms with van der Waals surface area (Å²) in [4.78, 5) is 8.28. The zero-order chi connectivity index (χ0) is 16.6. The lowest BCUT2D eigenvalue weighted by Crippen LogP contribution is -1.94. The molecular weight excluding hydrogens is 675 g/mol. The molecule has 118 valence electrons. The van der Waals surface area contributed by atoms with E-state index in [1.165, 1.54) is 0 Å². The second kappa shape index (κ2) is 7.42. The number of nitrogens with zero attached hydrogens (tertiary/aromatic N) is 6. The molecular formula is C12H5Br4IN6. The summed E-state index contributed by atoms with van der Waals surface area (Å²) in [5, 5.41) is 8.37. The quantitative estimate of drug-likeness (QED) is 0.243. The van der Waals surface area contributed by atoms with Gasteiger partial charge in [0.2, 0.25) is 0 Å². The largest absolute Gasteiger partial charge is 0.235 e. The van der Waals surface area contributed by atoms with E-state index in [4.69, 9.17) is 0 Å². The van der Waals surface area contributed by atoms with Gasteiger partial charge in [-0.2, -0.15) is 10.2 Å². The van der Waals surface area contributed by atoms with Crippen molar-refractivity contribution in [3.8, 4) is 0 Å². The fourth-order valence-corrected chi connectivity index (χ4v) is 4.59. The first-order valence-electron chi connectivity index (χ1n) is 5.96. The van der Waals surface area contributed by atoms with Gasteiger partial charge in [-0.15, -0.1) is 0 Å². The van der Waals surface area contributed by atoms with Crippen LogP contribution >= 0.6 is 86.3 Å². The van der Waals surface area contributed by atoms with Crippen LogP contribution in [0.3, 0.4) is 0 Å². The average Bonchev–Trinajstić information content (AvgIpc) is 3.07. The fourth-order valence-electron chi connectivity index (χ4n) is 1.73. The topological polar surface area (TPSA) is 60.4 Å². The molecule has 0 radical (unpaired) electrons. The van der Waals surface area contributed by atoms with Crippen LogP contribution in [-0.4, -0.2) is 29.2 Å². The summed E-state index contributed by atoms with van der Waals surface area (Å²) in [6.45, 7) is 0. The van der Waals surface area contributed by atoms with E-state index >= 15 is 0 Å². The van der Waals surface area contributed by atoms with E-state index in [1.807, 2.05) is 12.1 Å². The van der Waals surface area contributed by atoms with Gasteiger partial charge in [0.1, 0.15) is 12.9 Å². The molecule has 4 aromatic heterocycles. The smallest absolute Gasteiger partial charge is 0.169 e. The fraction of sp³-hybridized carbons (Fsp3) is 0. The Morgan fingerprint density at radius 2 is 1.52 bits per heavy atom. The minimum Gasteiger partial charge on any atom is -0.235 e. The lowest BCUT2D eigenvalue weighted by Gasteiger charge is -1.96. The maximum atomic E-state index is 4.23. The van der Waals surface area contributed by atoms with Crippen molar-refractivity contribution in [1.82, 2.24) is 29.2 Å². The highest BCUT2D eigenvalue weighted by Crippen LogP contribution is 2.21. The van der Waals surface area contributed by atoms with Crippen LogP contribution in [0.2, 0.25) is 0 Å². The highest BCUT2D eigenvalue weighted by atomic mass is 127. The highest BCUT2D eigenvalue weighted by molar-refractivity contribution is 14.1. The predicted octanol–water partition coefficient (Wildman–Crippen LogP) is 5.11. The van der Waals surface area contributed by atoms with Gasteiger partial charge in [0.25, 0.3) is 0 Å². The zero-order valence-electron chi connectivity index (χ0n) is 11.0. The van der Waals surface area contributed by atoms with Gasteiger partial charge in [0, 0.05) is 12.4 Å². The summed E-state index contributed by atoms with van der Waals surface area (Å²) in [5.74, 6) is 0. The van der Waals surface area contributed by atoms with E-state index in [1.54, 1.807) is 27.6 Å². The average molecular weight is 680 g/mol. The predicted molar refractivity (Wildman–Crippen MR) is 109 cm³/mol. The molecule has 6 nitrogen and oxygen atoms in total. The Kier molecular flexibility index (Phi) is 5.71. The van der Waals surface area contributed by atoms with E-state index in [2.05, 4.69) is 106 Å². The minimum absolute atomic E-state index is 0.787. The molecule has 0 unspecified atom stereocenters. The first-order valence-corrected chi connectivity index (χ1v) is 10.2. The third-order valence-electron chi connectivity index (χ3n) is 2.64. The van der Waals surface area contributed by atoms with Crippen LogP contribution in [0.25, 0.3) is 11.3 Å². The maximum absolute atomic E-state index is 4.23. The molecule has 4 aromatic rings. The molecule has 4 heterocycles. The van der Waals surface area contributed by atoms with Crippen molar-refractivity contribution >= 4 is 97.6 Å². The maximum Gasteiger partial charge on any atom is 0.169 e. The van der Waals surface area contributed by atoms with Crippen molar-refractivity contribution in [2.75, 3.05) is 0 Å². The van der Waals surface area contributed by atoms with Crippen LogP contribution in [0, 0.1) is 3.70 Å². The molecule has 0 aliphatic rings. The number of fused-ring (bicyclic) bond motifs is 2. The Bertz CT molecular complexity index is 998. The van der Waals surface area contributed by atoms with Crippen LogP contribution < -0.4 is 0 Å². The summed E-state index contributed by atoms with van der Waals surface area (Å²) in [6, 6.07) is 3.74. The molecule has 23 heavy (non-hydrogen) atoms. The number of rotatable bonds is 0. The number of imidazole rings is 2. The van der Waals surface area contributed by atoms with Crippen LogP contribution in [0.1, 0.15) is 0 Å². The van der Waals surface area contributed by atoms with Gasteiger partial charge in [0.15, 0.2) is 11.3 Å². The number of hydrogen-bond donors (Lipinski definition) is 0. The molecule has 4 rings (SSSR count). The molecule has 0 N–H and O–H groups in total. The van der Waals surface area contributed by atoms with E-state index in [9.17, 15) is 0 Å². The standard InChI is InChI=1S/C6H2Br2IN3.C6H3Br2N3/c7-3-1-4(8)11-12-5(9)2-10-6(3)12;7-4-3-5(8)10-11-2-1-9-6(4)11/h1-2H;1-3H. The zero-order valence-corrected chi connectivity index (χ0v) is 19.5. The Morgan fingerprint density at radius 1 is 0.870 bits per heavy atom. The SMILES string of the molecule is Brc1cc(Br)c2ncc(I)n2n1.Brc1cc(Br)c2nccn2n1. The van der Waals surface area contributed by atoms with Gasteiger partial charge in [-0.1, -0.05) is 0 Å². The van der Waals surface area contributed by atoms with Crippen molar-refractivity contribution in [2.24, 2.45) is 0 Å². The highest BCUT2D eigenvalue weighted by Gasteiger charge is 2.06. The molecule has 0 atom stereocenters. The lowest BCUT2D eigenvalue weighted by molar-refractivity contribution is 0.891. The number of aromatic nitrogens is 6. The van der Waals surface area contributed by atoms with Crippen molar-refractivity contribution in [2.45, 2.75) is 0 Å². The van der Waals surface area contributed by atoms with Gasteiger partial charge < -0.3 is 0 Å². The van der Waals surface area contributed by atoms with Gasteiger partial charge in [-0.25, -0.2) is 19.0 Å². The summed E-state index contributed by atoms with van der Waals surface area (Å²) >= 11 is 15.5. The van der Waals surface area contributed by atoms with Crippen molar-refractivity contribution in [3.05, 3.63) is 52.6 Å². The van der Waals surface area contributed by atoms with Crippen LogP contribution in [0.15, 0.2) is 48.9 Å². The van der Waals surface area contributed by atoms with Crippen LogP contribution in [-0.2, 0) is 0 Å².